The lowest BCUT2D eigenvalue weighted by Gasteiger charge is -2.20. The highest BCUT2D eigenvalue weighted by Crippen LogP contribution is 2.21. The van der Waals surface area contributed by atoms with E-state index in [1.54, 1.807) is 6.92 Å². The van der Waals surface area contributed by atoms with Crippen molar-refractivity contribution in [3.8, 4) is 0 Å². The summed E-state index contributed by atoms with van der Waals surface area (Å²) in [7, 11) is 0. The molecule has 0 spiro atoms. The van der Waals surface area contributed by atoms with Crippen LogP contribution in [0.1, 0.15) is 31.7 Å². The fraction of sp³-hybridized carbons (Fsp3) is 0.571. The highest BCUT2D eigenvalue weighted by atomic mass is 32.2. The predicted molar refractivity (Wildman–Crippen MR) is 75.4 cm³/mol. The summed E-state index contributed by atoms with van der Waals surface area (Å²) in [6, 6.07) is 8.61. The van der Waals surface area contributed by atoms with E-state index in [2.05, 4.69) is 31.2 Å². The molecule has 1 unspecified atom stereocenters. The van der Waals surface area contributed by atoms with Crippen molar-refractivity contribution in [1.29, 1.82) is 0 Å². The Morgan fingerprint density at radius 1 is 1.24 bits per heavy atom. The number of aliphatic hydroxyl groups is 1. The van der Waals surface area contributed by atoms with E-state index >= 15 is 0 Å². The Balaban J connectivity index is 2.14. The maximum absolute atomic E-state index is 9.74. The third kappa shape index (κ3) is 6.10. The molecule has 1 atom stereocenters. The van der Waals surface area contributed by atoms with Gasteiger partial charge in [-0.1, -0.05) is 17.7 Å². The van der Waals surface area contributed by atoms with Crippen LogP contribution in [0.15, 0.2) is 29.2 Å². The smallest absolute Gasteiger partial charge is 0.0741 e. The number of nitrogens with two attached hydrogens (primary N) is 1. The fourth-order valence-corrected chi connectivity index (χ4v) is 2.45. The molecule has 2 nitrogen and oxygen atoms in total. The van der Waals surface area contributed by atoms with E-state index in [1.807, 2.05) is 11.8 Å². The maximum Gasteiger partial charge on any atom is 0.0741 e. The molecule has 3 N–H and O–H groups in total. The highest BCUT2D eigenvalue weighted by Gasteiger charge is 2.16. The molecule has 0 saturated heterocycles. The second kappa shape index (κ2) is 7.04. The van der Waals surface area contributed by atoms with Crippen LogP contribution in [0, 0.1) is 6.92 Å². The summed E-state index contributed by atoms with van der Waals surface area (Å²) in [5, 5.41) is 9.74. The average Bonchev–Trinajstić information content (AvgIpc) is 2.31. The van der Waals surface area contributed by atoms with Crippen molar-refractivity contribution in [3.05, 3.63) is 29.8 Å². The van der Waals surface area contributed by atoms with Crippen LogP contribution in [0.5, 0.6) is 0 Å². The van der Waals surface area contributed by atoms with Crippen LogP contribution in [-0.4, -0.2) is 23.0 Å². The van der Waals surface area contributed by atoms with E-state index in [-0.39, 0.29) is 0 Å². The van der Waals surface area contributed by atoms with Crippen molar-refractivity contribution in [2.75, 3.05) is 12.3 Å². The van der Waals surface area contributed by atoms with Crippen LogP contribution in [0.2, 0.25) is 0 Å². The lowest BCUT2D eigenvalue weighted by atomic mass is 10.00. The predicted octanol–water partition coefficient (Wildman–Crippen LogP) is 2.97. The first kappa shape index (κ1) is 14.6. The third-order valence-electron chi connectivity index (χ3n) is 2.84. The standard InChI is InChI=1S/C14H23NOS/c1-12-5-7-13(8-6-12)17-10-4-3-9-14(2,16)11-15/h5-8,16H,3-4,9-11,15H2,1-2H3. The largest absolute Gasteiger partial charge is 0.389 e. The molecule has 1 aromatic carbocycles. The Kier molecular flexibility index (Phi) is 6.03. The molecule has 0 aliphatic carbocycles. The van der Waals surface area contributed by atoms with Gasteiger partial charge in [-0.3, -0.25) is 0 Å². The molecular weight excluding hydrogens is 230 g/mol. The first-order valence-electron chi connectivity index (χ1n) is 6.15. The molecule has 0 heterocycles. The molecule has 0 aromatic heterocycles. The van der Waals surface area contributed by atoms with Gasteiger partial charge in [-0.05, 0) is 51.0 Å². The molecule has 96 valence electrons. The number of unbranched alkanes of at least 4 members (excludes halogenated alkanes) is 1. The molecule has 3 heteroatoms. The molecule has 0 aliphatic heterocycles. The molecule has 0 radical (unpaired) electrons. The first-order valence-corrected chi connectivity index (χ1v) is 7.14. The Hall–Kier alpha value is -0.510. The molecule has 1 aromatic rings. The number of thioether (sulfide) groups is 1. The van der Waals surface area contributed by atoms with Gasteiger partial charge >= 0.3 is 0 Å². The second-order valence-corrected chi connectivity index (χ2v) is 5.99. The van der Waals surface area contributed by atoms with Crippen LogP contribution in [0.25, 0.3) is 0 Å². The van der Waals surface area contributed by atoms with Crippen LogP contribution in [-0.2, 0) is 0 Å². The molecule has 0 aliphatic rings. The van der Waals surface area contributed by atoms with Crippen molar-refractivity contribution in [2.45, 2.75) is 43.6 Å². The number of hydrogen-bond acceptors (Lipinski definition) is 3. The SMILES string of the molecule is Cc1ccc(SCCCCC(C)(O)CN)cc1. The minimum absolute atomic E-state index is 0.345. The van der Waals surface area contributed by atoms with Crippen LogP contribution < -0.4 is 5.73 Å². The van der Waals surface area contributed by atoms with Gasteiger partial charge in [0.25, 0.3) is 0 Å². The van der Waals surface area contributed by atoms with E-state index in [9.17, 15) is 5.11 Å². The number of benzene rings is 1. The lowest BCUT2D eigenvalue weighted by molar-refractivity contribution is 0.0577. The van der Waals surface area contributed by atoms with Crippen LogP contribution >= 0.6 is 11.8 Å². The summed E-state index contributed by atoms with van der Waals surface area (Å²) in [5.74, 6) is 1.10. The zero-order chi connectivity index (χ0) is 12.7. The second-order valence-electron chi connectivity index (χ2n) is 4.82. The van der Waals surface area contributed by atoms with E-state index in [1.165, 1.54) is 10.5 Å². The van der Waals surface area contributed by atoms with Crippen LogP contribution in [0.4, 0.5) is 0 Å². The van der Waals surface area contributed by atoms with Gasteiger partial charge in [0.15, 0.2) is 0 Å². The molecule has 1 rings (SSSR count). The Labute approximate surface area is 109 Å². The van der Waals surface area contributed by atoms with E-state index in [0.29, 0.717) is 6.54 Å². The van der Waals surface area contributed by atoms with Gasteiger partial charge in [-0.15, -0.1) is 11.8 Å². The number of hydrogen-bond donors (Lipinski definition) is 2. The van der Waals surface area contributed by atoms with Crippen LogP contribution in [0.3, 0.4) is 0 Å². The topological polar surface area (TPSA) is 46.2 Å². The van der Waals surface area contributed by atoms with Crippen molar-refractivity contribution >= 4 is 11.8 Å². The van der Waals surface area contributed by atoms with Crippen molar-refractivity contribution < 1.29 is 5.11 Å². The van der Waals surface area contributed by atoms with Crippen molar-refractivity contribution in [3.63, 3.8) is 0 Å². The van der Waals surface area contributed by atoms with Gasteiger partial charge in [-0.2, -0.15) is 0 Å². The van der Waals surface area contributed by atoms with E-state index < -0.39 is 5.60 Å². The zero-order valence-electron chi connectivity index (χ0n) is 10.8. The summed E-state index contributed by atoms with van der Waals surface area (Å²) in [6.45, 7) is 4.25. The third-order valence-corrected chi connectivity index (χ3v) is 3.94. The quantitative estimate of drug-likeness (QED) is 0.580. The minimum Gasteiger partial charge on any atom is -0.389 e. The van der Waals surface area contributed by atoms with Crippen molar-refractivity contribution in [2.24, 2.45) is 5.73 Å². The van der Waals surface area contributed by atoms with Gasteiger partial charge in [0.1, 0.15) is 0 Å². The maximum atomic E-state index is 9.74. The molecule has 0 fully saturated rings. The average molecular weight is 253 g/mol. The Morgan fingerprint density at radius 2 is 1.88 bits per heavy atom. The zero-order valence-corrected chi connectivity index (χ0v) is 11.6. The number of aryl methyl sites for hydroxylation is 1. The summed E-state index contributed by atoms with van der Waals surface area (Å²) >= 11 is 1.87. The fourth-order valence-electron chi connectivity index (χ4n) is 1.53. The highest BCUT2D eigenvalue weighted by molar-refractivity contribution is 7.99. The molecule has 17 heavy (non-hydrogen) atoms. The van der Waals surface area contributed by atoms with Gasteiger partial charge in [0, 0.05) is 11.4 Å². The van der Waals surface area contributed by atoms with E-state index in [0.717, 1.165) is 25.0 Å². The monoisotopic (exact) mass is 253 g/mol. The molecular formula is C14H23NOS. The molecule has 0 saturated carbocycles. The Bertz CT molecular complexity index is 321. The van der Waals surface area contributed by atoms with Gasteiger partial charge < -0.3 is 10.8 Å². The van der Waals surface area contributed by atoms with Gasteiger partial charge in [-0.25, -0.2) is 0 Å². The normalized spacial score (nSPS) is 14.6. The summed E-state index contributed by atoms with van der Waals surface area (Å²) in [5.41, 5.74) is 6.08. The van der Waals surface area contributed by atoms with Gasteiger partial charge in [0.05, 0.1) is 5.60 Å². The van der Waals surface area contributed by atoms with E-state index in [4.69, 9.17) is 5.73 Å². The molecule has 0 amide bonds. The number of rotatable bonds is 7. The summed E-state index contributed by atoms with van der Waals surface area (Å²) < 4.78 is 0. The lowest BCUT2D eigenvalue weighted by Crippen LogP contribution is -2.33. The Morgan fingerprint density at radius 3 is 2.47 bits per heavy atom. The van der Waals surface area contributed by atoms with Gasteiger partial charge in [0.2, 0.25) is 0 Å². The summed E-state index contributed by atoms with van der Waals surface area (Å²) in [6.07, 6.45) is 2.94. The molecule has 0 bridgehead atoms. The van der Waals surface area contributed by atoms with Crippen molar-refractivity contribution in [1.82, 2.24) is 0 Å². The minimum atomic E-state index is -0.686. The summed E-state index contributed by atoms with van der Waals surface area (Å²) in [4.78, 5) is 1.32. The first-order chi connectivity index (χ1) is 8.03.